The third kappa shape index (κ3) is 3.96. The zero-order valence-electron chi connectivity index (χ0n) is 10.6. The summed E-state index contributed by atoms with van der Waals surface area (Å²) in [4.78, 5) is 7.69. The van der Waals surface area contributed by atoms with Crippen LogP contribution >= 0.6 is 23.2 Å². The van der Waals surface area contributed by atoms with Gasteiger partial charge in [0.1, 0.15) is 5.82 Å². The van der Waals surface area contributed by atoms with Crippen LogP contribution in [0.15, 0.2) is 24.4 Å². The van der Waals surface area contributed by atoms with E-state index in [0.717, 1.165) is 49.3 Å². The number of H-pyrrole nitrogens is 1. The first-order valence-corrected chi connectivity index (χ1v) is 7.15. The summed E-state index contributed by atoms with van der Waals surface area (Å²) in [6, 6.07) is 5.57. The fourth-order valence-electron chi connectivity index (χ4n) is 1.91. The van der Waals surface area contributed by atoms with Gasteiger partial charge in [-0.05, 0) is 31.5 Å². The van der Waals surface area contributed by atoms with Gasteiger partial charge in [0.05, 0.1) is 21.9 Å². The van der Waals surface area contributed by atoms with Crippen molar-refractivity contribution in [2.24, 2.45) is 5.73 Å². The second-order valence-electron chi connectivity index (χ2n) is 4.47. The van der Waals surface area contributed by atoms with E-state index in [1.807, 2.05) is 18.3 Å². The number of unbranched alkanes of at least 4 members (excludes halogenated alkanes) is 2. The number of rotatable bonds is 6. The largest absolute Gasteiger partial charge is 0.342 e. The van der Waals surface area contributed by atoms with E-state index in [0.29, 0.717) is 10.0 Å². The maximum atomic E-state index is 6.01. The normalized spacial score (nSPS) is 10.9. The molecule has 0 amide bonds. The number of nitrogens with zero attached hydrogens (tertiary/aromatic N) is 1. The van der Waals surface area contributed by atoms with E-state index >= 15 is 0 Å². The van der Waals surface area contributed by atoms with Gasteiger partial charge in [0, 0.05) is 12.0 Å². The average Bonchev–Trinajstić information content (AvgIpc) is 2.87. The molecule has 0 bridgehead atoms. The van der Waals surface area contributed by atoms with Gasteiger partial charge in [-0.25, -0.2) is 4.98 Å². The summed E-state index contributed by atoms with van der Waals surface area (Å²) in [5, 5.41) is 1.12. The van der Waals surface area contributed by atoms with E-state index < -0.39 is 0 Å². The lowest BCUT2D eigenvalue weighted by atomic mass is 10.2. The summed E-state index contributed by atoms with van der Waals surface area (Å²) < 4.78 is 0. The second kappa shape index (κ2) is 6.94. The maximum Gasteiger partial charge on any atom is 0.106 e. The summed E-state index contributed by atoms with van der Waals surface area (Å²) in [5.41, 5.74) is 7.43. The molecule has 0 radical (unpaired) electrons. The molecule has 0 aliphatic heterocycles. The molecule has 1 heterocycles. The molecule has 1 aromatic heterocycles. The van der Waals surface area contributed by atoms with Crippen LogP contribution in [0, 0.1) is 0 Å². The van der Waals surface area contributed by atoms with Crippen molar-refractivity contribution in [1.82, 2.24) is 9.97 Å². The molecule has 2 rings (SSSR count). The van der Waals surface area contributed by atoms with Crippen LogP contribution in [0.5, 0.6) is 0 Å². The lowest BCUT2D eigenvalue weighted by Gasteiger charge is -2.00. The number of aromatic amines is 1. The zero-order chi connectivity index (χ0) is 13.7. The molecule has 0 saturated heterocycles. The Balaban J connectivity index is 2.01. The quantitative estimate of drug-likeness (QED) is 0.790. The first-order valence-electron chi connectivity index (χ1n) is 6.40. The second-order valence-corrected chi connectivity index (χ2v) is 5.29. The van der Waals surface area contributed by atoms with Gasteiger partial charge in [-0.2, -0.15) is 0 Å². The summed E-state index contributed by atoms with van der Waals surface area (Å²) >= 11 is 11.9. The summed E-state index contributed by atoms with van der Waals surface area (Å²) in [7, 11) is 0. The number of imidazole rings is 1. The fraction of sp³-hybridized carbons (Fsp3) is 0.357. The fourth-order valence-corrected chi connectivity index (χ4v) is 2.21. The summed E-state index contributed by atoms with van der Waals surface area (Å²) in [6.07, 6.45) is 6.09. The van der Waals surface area contributed by atoms with Crippen molar-refractivity contribution < 1.29 is 0 Å². The van der Waals surface area contributed by atoms with Gasteiger partial charge in [0.2, 0.25) is 0 Å². The van der Waals surface area contributed by atoms with E-state index in [2.05, 4.69) is 9.97 Å². The smallest absolute Gasteiger partial charge is 0.106 e. The van der Waals surface area contributed by atoms with Gasteiger partial charge in [-0.15, -0.1) is 0 Å². The Morgan fingerprint density at radius 2 is 1.95 bits per heavy atom. The molecule has 3 nitrogen and oxygen atoms in total. The Morgan fingerprint density at radius 3 is 2.68 bits per heavy atom. The van der Waals surface area contributed by atoms with Crippen LogP contribution in [-0.2, 0) is 6.42 Å². The number of aromatic nitrogens is 2. The van der Waals surface area contributed by atoms with Gasteiger partial charge < -0.3 is 10.7 Å². The number of aryl methyl sites for hydroxylation is 1. The Hall–Kier alpha value is -1.03. The molecule has 0 aliphatic rings. The third-order valence-electron chi connectivity index (χ3n) is 2.98. The van der Waals surface area contributed by atoms with E-state index in [9.17, 15) is 0 Å². The van der Waals surface area contributed by atoms with Crippen molar-refractivity contribution in [2.45, 2.75) is 25.7 Å². The minimum absolute atomic E-state index is 0.554. The van der Waals surface area contributed by atoms with Gasteiger partial charge in [-0.1, -0.05) is 35.7 Å². The minimum Gasteiger partial charge on any atom is -0.342 e. The van der Waals surface area contributed by atoms with Crippen molar-refractivity contribution in [1.29, 1.82) is 0 Å². The van der Waals surface area contributed by atoms with Gasteiger partial charge >= 0.3 is 0 Å². The highest BCUT2D eigenvalue weighted by Gasteiger charge is 2.05. The zero-order valence-corrected chi connectivity index (χ0v) is 12.1. The molecule has 0 fully saturated rings. The first kappa shape index (κ1) is 14.4. The van der Waals surface area contributed by atoms with E-state index in [1.165, 1.54) is 0 Å². The molecule has 5 heteroatoms. The van der Waals surface area contributed by atoms with E-state index in [4.69, 9.17) is 28.9 Å². The van der Waals surface area contributed by atoms with Crippen molar-refractivity contribution in [2.75, 3.05) is 6.54 Å². The number of nitrogens with two attached hydrogens (primary N) is 1. The molecule has 0 atom stereocenters. The number of nitrogens with one attached hydrogen (secondary N) is 1. The number of hydrogen-bond acceptors (Lipinski definition) is 2. The highest BCUT2D eigenvalue weighted by molar-refractivity contribution is 6.42. The molecule has 2 aromatic rings. The molecule has 1 aromatic carbocycles. The highest BCUT2D eigenvalue weighted by Crippen LogP contribution is 2.27. The van der Waals surface area contributed by atoms with Crippen LogP contribution in [-0.4, -0.2) is 16.5 Å². The Bertz CT molecular complexity index is 537. The molecular weight excluding hydrogens is 281 g/mol. The molecule has 19 heavy (non-hydrogen) atoms. The highest BCUT2D eigenvalue weighted by atomic mass is 35.5. The van der Waals surface area contributed by atoms with Gasteiger partial charge in [0.15, 0.2) is 0 Å². The molecule has 0 spiro atoms. The molecule has 0 unspecified atom stereocenters. The topological polar surface area (TPSA) is 54.7 Å². The monoisotopic (exact) mass is 297 g/mol. The minimum atomic E-state index is 0.554. The lowest BCUT2D eigenvalue weighted by molar-refractivity contribution is 0.673. The van der Waals surface area contributed by atoms with Crippen LogP contribution in [0.3, 0.4) is 0 Å². The Labute approximate surface area is 123 Å². The van der Waals surface area contributed by atoms with Crippen molar-refractivity contribution in [3.63, 3.8) is 0 Å². The SMILES string of the molecule is NCCCCCc1ncc(-c2ccc(Cl)c(Cl)c2)[nH]1. The van der Waals surface area contributed by atoms with Gasteiger partial charge in [-0.3, -0.25) is 0 Å². The molecular formula is C14H17Cl2N3. The standard InChI is InChI=1S/C14H17Cl2N3/c15-11-6-5-10(8-12(11)16)13-9-18-14(19-13)4-2-1-3-7-17/h5-6,8-9H,1-4,7,17H2,(H,18,19). The average molecular weight is 298 g/mol. The molecule has 0 saturated carbocycles. The molecule has 3 N–H and O–H groups in total. The number of halogens is 2. The van der Waals surface area contributed by atoms with Crippen molar-refractivity contribution >= 4 is 23.2 Å². The van der Waals surface area contributed by atoms with Crippen LogP contribution in [0.1, 0.15) is 25.1 Å². The van der Waals surface area contributed by atoms with E-state index in [-0.39, 0.29) is 0 Å². The lowest BCUT2D eigenvalue weighted by Crippen LogP contribution is -1.98. The first-order chi connectivity index (χ1) is 9.20. The van der Waals surface area contributed by atoms with Crippen molar-refractivity contribution in [3.05, 3.63) is 40.3 Å². The Kier molecular flexibility index (Phi) is 5.25. The van der Waals surface area contributed by atoms with Crippen LogP contribution in [0.2, 0.25) is 10.0 Å². The van der Waals surface area contributed by atoms with E-state index in [1.54, 1.807) is 6.07 Å². The summed E-state index contributed by atoms with van der Waals surface area (Å²) in [5.74, 6) is 0.998. The number of benzene rings is 1. The third-order valence-corrected chi connectivity index (χ3v) is 3.72. The summed E-state index contributed by atoms with van der Waals surface area (Å²) in [6.45, 7) is 0.757. The van der Waals surface area contributed by atoms with Crippen LogP contribution < -0.4 is 5.73 Å². The van der Waals surface area contributed by atoms with Crippen LogP contribution in [0.4, 0.5) is 0 Å². The Morgan fingerprint density at radius 1 is 1.11 bits per heavy atom. The molecule has 0 aliphatic carbocycles. The predicted molar refractivity (Wildman–Crippen MR) is 80.7 cm³/mol. The maximum absolute atomic E-state index is 6.01. The van der Waals surface area contributed by atoms with Gasteiger partial charge in [0.25, 0.3) is 0 Å². The number of hydrogen-bond donors (Lipinski definition) is 2. The molecule has 102 valence electrons. The van der Waals surface area contributed by atoms with Crippen LogP contribution in [0.25, 0.3) is 11.3 Å². The predicted octanol–water partition coefficient (Wildman–Crippen LogP) is 4.06. The van der Waals surface area contributed by atoms with Crippen molar-refractivity contribution in [3.8, 4) is 11.3 Å².